The number of fused-ring (bicyclic) bond motifs is 2. The molecule has 0 spiro atoms. The van der Waals surface area contributed by atoms with Crippen LogP contribution in [0.15, 0.2) is 30.5 Å². The number of hydroxylamine groups is 2. The summed E-state index contributed by atoms with van der Waals surface area (Å²) < 4.78 is 0. The number of carbonyl (C=O) groups is 1. The fourth-order valence-corrected chi connectivity index (χ4v) is 4.43. The minimum absolute atomic E-state index is 0.0246. The summed E-state index contributed by atoms with van der Waals surface area (Å²) >= 11 is 0. The van der Waals surface area contributed by atoms with E-state index in [1.54, 1.807) is 5.06 Å². The molecule has 144 valence electrons. The van der Waals surface area contributed by atoms with E-state index in [9.17, 15) is 4.79 Å². The maximum Gasteiger partial charge on any atom is 0.254 e. The van der Waals surface area contributed by atoms with Crippen molar-refractivity contribution < 1.29 is 9.63 Å². The van der Waals surface area contributed by atoms with E-state index < -0.39 is 0 Å². The Kier molecular flexibility index (Phi) is 4.82. The zero-order valence-electron chi connectivity index (χ0n) is 16.7. The number of aromatic nitrogens is 1. The van der Waals surface area contributed by atoms with Crippen LogP contribution in [0.3, 0.4) is 0 Å². The Morgan fingerprint density at radius 2 is 2.22 bits per heavy atom. The fourth-order valence-electron chi connectivity index (χ4n) is 4.43. The molecule has 2 atom stereocenters. The molecule has 27 heavy (non-hydrogen) atoms. The monoisotopic (exact) mass is 367 g/mol. The van der Waals surface area contributed by atoms with Gasteiger partial charge in [0.25, 0.3) is 5.91 Å². The quantitative estimate of drug-likeness (QED) is 0.821. The molecule has 1 aliphatic heterocycles. The van der Waals surface area contributed by atoms with Crippen LogP contribution in [0, 0.1) is 5.92 Å². The first-order chi connectivity index (χ1) is 13.0. The highest BCUT2D eigenvalue weighted by Crippen LogP contribution is 2.41. The molecule has 4 rings (SSSR count). The molecule has 1 aromatic heterocycles. The number of benzene rings is 1. The number of hydrogen-bond donors (Lipinski definition) is 1. The van der Waals surface area contributed by atoms with Crippen molar-refractivity contribution >= 4 is 22.4 Å². The Labute approximate surface area is 160 Å². The Hall–Kier alpha value is -2.11. The van der Waals surface area contributed by atoms with Crippen LogP contribution in [0.5, 0.6) is 0 Å². The van der Waals surface area contributed by atoms with Crippen molar-refractivity contribution in [3.63, 3.8) is 0 Å². The van der Waals surface area contributed by atoms with Gasteiger partial charge in [-0.3, -0.25) is 14.5 Å². The lowest BCUT2D eigenvalue weighted by atomic mass is 9.79. The van der Waals surface area contributed by atoms with Gasteiger partial charge in [-0.25, -0.2) is 5.06 Å². The summed E-state index contributed by atoms with van der Waals surface area (Å²) in [7, 11) is 2.13. The number of nitrogens with one attached hydrogen (secondary N) is 1. The molecular weight excluding hydrogens is 338 g/mol. The molecule has 0 unspecified atom stereocenters. The Morgan fingerprint density at radius 1 is 1.41 bits per heavy atom. The molecule has 5 nitrogen and oxygen atoms in total. The van der Waals surface area contributed by atoms with E-state index >= 15 is 0 Å². The van der Waals surface area contributed by atoms with Crippen molar-refractivity contribution in [2.45, 2.75) is 45.7 Å². The first-order valence-corrected chi connectivity index (χ1v) is 9.98. The molecule has 1 amide bonds. The van der Waals surface area contributed by atoms with E-state index in [0.717, 1.165) is 19.4 Å². The number of likely N-dealkylation sites (N-methyl/N-ethyl adjacent to an activating group) is 1. The number of H-pyrrole nitrogens is 1. The largest absolute Gasteiger partial charge is 0.361 e. The van der Waals surface area contributed by atoms with Crippen molar-refractivity contribution in [2.75, 3.05) is 20.2 Å². The van der Waals surface area contributed by atoms with Crippen LogP contribution in [0.2, 0.25) is 0 Å². The second-order valence-electron chi connectivity index (χ2n) is 8.02. The molecule has 2 heterocycles. The van der Waals surface area contributed by atoms with Gasteiger partial charge in [0.2, 0.25) is 0 Å². The van der Waals surface area contributed by atoms with E-state index in [1.165, 1.54) is 27.6 Å². The number of aromatic amines is 1. The van der Waals surface area contributed by atoms with Crippen LogP contribution in [0.25, 0.3) is 16.5 Å². The molecule has 0 saturated carbocycles. The highest BCUT2D eigenvalue weighted by molar-refractivity contribution is 5.99. The highest BCUT2D eigenvalue weighted by Gasteiger charge is 2.37. The summed E-state index contributed by atoms with van der Waals surface area (Å²) in [6, 6.07) is 6.75. The normalized spacial score (nSPS) is 22.0. The van der Waals surface area contributed by atoms with Gasteiger partial charge in [-0.15, -0.1) is 0 Å². The molecule has 5 heteroatoms. The van der Waals surface area contributed by atoms with Gasteiger partial charge in [0, 0.05) is 29.7 Å². The van der Waals surface area contributed by atoms with Gasteiger partial charge >= 0.3 is 0 Å². The van der Waals surface area contributed by atoms with Gasteiger partial charge in [0.1, 0.15) is 0 Å². The Balaban J connectivity index is 1.71. The predicted octanol–water partition coefficient (Wildman–Crippen LogP) is 3.62. The number of carbonyl (C=O) groups excluding carboxylic acids is 1. The van der Waals surface area contributed by atoms with E-state index in [2.05, 4.69) is 54.3 Å². The van der Waals surface area contributed by atoms with Crippen LogP contribution in [0.1, 0.15) is 38.3 Å². The number of nitrogens with zero attached hydrogens (tertiary/aromatic N) is 2. The maximum atomic E-state index is 13.2. The number of amides is 1. The smallest absolute Gasteiger partial charge is 0.254 e. The topological polar surface area (TPSA) is 48.6 Å². The molecule has 0 radical (unpaired) electrons. The lowest BCUT2D eigenvalue weighted by molar-refractivity contribution is -0.200. The minimum atomic E-state index is -0.184. The lowest BCUT2D eigenvalue weighted by Crippen LogP contribution is -2.49. The zero-order valence-corrected chi connectivity index (χ0v) is 16.7. The summed E-state index contributed by atoms with van der Waals surface area (Å²) in [4.78, 5) is 24.7. The summed E-state index contributed by atoms with van der Waals surface area (Å²) in [5.41, 5.74) is 5.08. The molecule has 0 bridgehead atoms. The van der Waals surface area contributed by atoms with Gasteiger partial charge in [-0.05, 0) is 56.5 Å². The number of rotatable bonds is 5. The lowest BCUT2D eigenvalue weighted by Gasteiger charge is -2.40. The molecule has 2 aromatic rings. The summed E-state index contributed by atoms with van der Waals surface area (Å²) in [6.45, 7) is 7.35. The third-order valence-corrected chi connectivity index (χ3v) is 5.71. The third-order valence-electron chi connectivity index (χ3n) is 5.71. The second kappa shape index (κ2) is 7.13. The number of hydrogen-bond acceptors (Lipinski definition) is 3. The van der Waals surface area contributed by atoms with Gasteiger partial charge in [-0.1, -0.05) is 25.1 Å². The van der Waals surface area contributed by atoms with Gasteiger partial charge < -0.3 is 4.98 Å². The SMILES string of the molecule is CCCON(C(=O)[C@@H]1C=C2c3cccc4[nH]cc(c34)C[C@H]2N(C)C1)C(C)C. The van der Waals surface area contributed by atoms with E-state index in [1.807, 2.05) is 13.8 Å². The third kappa shape index (κ3) is 3.09. The second-order valence-corrected chi connectivity index (χ2v) is 8.02. The Morgan fingerprint density at radius 3 is 2.96 bits per heavy atom. The van der Waals surface area contributed by atoms with Gasteiger partial charge in [0.15, 0.2) is 0 Å². The summed E-state index contributed by atoms with van der Waals surface area (Å²) in [5.74, 6) is -0.125. The van der Waals surface area contributed by atoms with Crippen molar-refractivity contribution in [3.05, 3.63) is 41.6 Å². The van der Waals surface area contributed by atoms with E-state index in [4.69, 9.17) is 4.84 Å². The van der Waals surface area contributed by atoms with E-state index in [0.29, 0.717) is 12.6 Å². The molecule has 0 fully saturated rings. The standard InChI is InChI=1S/C22H29N3O2/c1-5-9-27-25(14(2)3)22(26)16-10-18-17-7-6-8-19-21(17)15(12-23-19)11-20(18)24(4)13-16/h6-8,10,12,14,16,20,23H,5,9,11,13H2,1-4H3/t16-,20-/m1/s1. The average molecular weight is 367 g/mol. The van der Waals surface area contributed by atoms with Gasteiger partial charge in [0.05, 0.1) is 18.6 Å². The van der Waals surface area contributed by atoms with Crippen molar-refractivity contribution in [1.29, 1.82) is 0 Å². The van der Waals surface area contributed by atoms with Crippen molar-refractivity contribution in [2.24, 2.45) is 5.92 Å². The molecule has 1 N–H and O–H groups in total. The van der Waals surface area contributed by atoms with Crippen LogP contribution >= 0.6 is 0 Å². The van der Waals surface area contributed by atoms with Gasteiger partial charge in [-0.2, -0.15) is 0 Å². The van der Waals surface area contributed by atoms with Crippen LogP contribution in [0.4, 0.5) is 0 Å². The van der Waals surface area contributed by atoms with Crippen LogP contribution in [-0.2, 0) is 16.1 Å². The van der Waals surface area contributed by atoms with E-state index in [-0.39, 0.29) is 17.9 Å². The average Bonchev–Trinajstić information content (AvgIpc) is 3.07. The summed E-state index contributed by atoms with van der Waals surface area (Å²) in [5, 5.41) is 2.88. The molecule has 1 aromatic carbocycles. The summed E-state index contributed by atoms with van der Waals surface area (Å²) in [6.07, 6.45) is 6.21. The van der Waals surface area contributed by atoms with Crippen LogP contribution < -0.4 is 0 Å². The molecule has 1 aliphatic carbocycles. The fraction of sp³-hybridized carbons (Fsp3) is 0.500. The minimum Gasteiger partial charge on any atom is -0.361 e. The zero-order chi connectivity index (χ0) is 19.1. The van der Waals surface area contributed by atoms with Crippen LogP contribution in [-0.4, -0.2) is 53.1 Å². The maximum absolute atomic E-state index is 13.2. The predicted molar refractivity (Wildman–Crippen MR) is 108 cm³/mol. The van der Waals surface area contributed by atoms with Crippen molar-refractivity contribution in [3.8, 4) is 0 Å². The molecule has 2 aliphatic rings. The first-order valence-electron chi connectivity index (χ1n) is 9.98. The first kappa shape index (κ1) is 18.3. The Bertz CT molecular complexity index is 883. The molecular formula is C22H29N3O2. The van der Waals surface area contributed by atoms with Crippen molar-refractivity contribution in [1.82, 2.24) is 14.9 Å². The molecule has 0 saturated heterocycles. The highest BCUT2D eigenvalue weighted by atomic mass is 16.7.